The summed E-state index contributed by atoms with van der Waals surface area (Å²) in [5, 5.41) is 3.21. The molecule has 0 aromatic heterocycles. The molecule has 0 spiro atoms. The number of benzene rings is 1. The van der Waals surface area contributed by atoms with E-state index in [2.05, 4.69) is 28.2 Å². The van der Waals surface area contributed by atoms with Crippen molar-refractivity contribution in [2.24, 2.45) is 0 Å². The molecule has 1 unspecified atom stereocenters. The molecule has 1 nitrogen and oxygen atoms in total. The predicted octanol–water partition coefficient (Wildman–Crippen LogP) is 5.46. The van der Waals surface area contributed by atoms with E-state index in [1.807, 2.05) is 6.92 Å². The van der Waals surface area contributed by atoms with Crippen molar-refractivity contribution in [1.29, 1.82) is 0 Å². The molecular formula is C13H17BrF3N. The van der Waals surface area contributed by atoms with E-state index in [9.17, 15) is 13.2 Å². The maximum Gasteiger partial charge on any atom is 0.416 e. The van der Waals surface area contributed by atoms with E-state index in [4.69, 9.17) is 0 Å². The number of hydrogen-bond acceptors (Lipinski definition) is 1. The van der Waals surface area contributed by atoms with Crippen molar-refractivity contribution >= 4 is 21.6 Å². The topological polar surface area (TPSA) is 12.0 Å². The lowest BCUT2D eigenvalue weighted by Crippen LogP contribution is -2.15. The number of anilines is 1. The summed E-state index contributed by atoms with van der Waals surface area (Å²) in [6, 6.07) is 3.92. The van der Waals surface area contributed by atoms with Gasteiger partial charge in [0.2, 0.25) is 0 Å². The third-order valence-electron chi connectivity index (χ3n) is 2.69. The van der Waals surface area contributed by atoms with E-state index in [0.717, 1.165) is 31.4 Å². The lowest BCUT2D eigenvalue weighted by molar-refractivity contribution is -0.137. The van der Waals surface area contributed by atoms with Crippen LogP contribution < -0.4 is 5.32 Å². The number of nitrogens with one attached hydrogen (secondary N) is 1. The van der Waals surface area contributed by atoms with Crippen LogP contribution in [0.3, 0.4) is 0 Å². The SMILES string of the molecule is CCCCC(C)Nc1ccc(C(F)(F)F)cc1Br. The second kappa shape index (κ2) is 6.45. The fourth-order valence-electron chi connectivity index (χ4n) is 1.66. The fourth-order valence-corrected chi connectivity index (χ4v) is 2.15. The van der Waals surface area contributed by atoms with E-state index in [1.165, 1.54) is 6.07 Å². The molecule has 0 saturated carbocycles. The summed E-state index contributed by atoms with van der Waals surface area (Å²) in [7, 11) is 0. The molecular weight excluding hydrogens is 307 g/mol. The van der Waals surface area contributed by atoms with E-state index in [0.29, 0.717) is 10.2 Å². The van der Waals surface area contributed by atoms with Crippen LogP contribution in [-0.4, -0.2) is 6.04 Å². The Bertz CT molecular complexity index is 390. The van der Waals surface area contributed by atoms with Gasteiger partial charge in [-0.2, -0.15) is 13.2 Å². The molecule has 0 aliphatic carbocycles. The van der Waals surface area contributed by atoms with Gasteiger partial charge in [-0.25, -0.2) is 0 Å². The second-order valence-electron chi connectivity index (χ2n) is 4.38. The maximum atomic E-state index is 12.5. The molecule has 18 heavy (non-hydrogen) atoms. The van der Waals surface area contributed by atoms with Gasteiger partial charge in [0.25, 0.3) is 0 Å². The second-order valence-corrected chi connectivity index (χ2v) is 5.23. The van der Waals surface area contributed by atoms with Crippen molar-refractivity contribution in [2.45, 2.75) is 45.3 Å². The minimum atomic E-state index is -4.30. The summed E-state index contributed by atoms with van der Waals surface area (Å²) in [6.45, 7) is 4.14. The molecule has 0 saturated heterocycles. The van der Waals surface area contributed by atoms with E-state index >= 15 is 0 Å². The Morgan fingerprint density at radius 1 is 1.33 bits per heavy atom. The van der Waals surface area contributed by atoms with Crippen molar-refractivity contribution in [2.75, 3.05) is 5.32 Å². The van der Waals surface area contributed by atoms with Gasteiger partial charge in [0.1, 0.15) is 0 Å². The zero-order valence-electron chi connectivity index (χ0n) is 10.4. The van der Waals surface area contributed by atoms with Gasteiger partial charge < -0.3 is 5.32 Å². The molecule has 0 fully saturated rings. The van der Waals surface area contributed by atoms with Gasteiger partial charge in [-0.3, -0.25) is 0 Å². The van der Waals surface area contributed by atoms with Gasteiger partial charge in [0.05, 0.1) is 5.56 Å². The first-order chi connectivity index (χ1) is 8.34. The third-order valence-corrected chi connectivity index (χ3v) is 3.35. The lowest BCUT2D eigenvalue weighted by Gasteiger charge is -2.17. The molecule has 102 valence electrons. The van der Waals surface area contributed by atoms with Crippen LogP contribution in [0.1, 0.15) is 38.7 Å². The highest BCUT2D eigenvalue weighted by molar-refractivity contribution is 9.10. The van der Waals surface area contributed by atoms with Crippen molar-refractivity contribution in [3.63, 3.8) is 0 Å². The molecule has 0 radical (unpaired) electrons. The quantitative estimate of drug-likeness (QED) is 0.758. The highest BCUT2D eigenvalue weighted by Gasteiger charge is 2.30. The first-order valence-corrected chi connectivity index (χ1v) is 6.77. The number of hydrogen-bond donors (Lipinski definition) is 1. The summed E-state index contributed by atoms with van der Waals surface area (Å²) in [5.41, 5.74) is 0.0627. The first kappa shape index (κ1) is 15.3. The number of rotatable bonds is 5. The molecule has 1 aromatic carbocycles. The zero-order chi connectivity index (χ0) is 13.8. The fraction of sp³-hybridized carbons (Fsp3) is 0.538. The molecule has 0 aliphatic heterocycles. The standard InChI is InChI=1S/C13H17BrF3N/c1-3-4-5-9(2)18-12-7-6-10(8-11(12)14)13(15,16)17/h6-9,18H,3-5H2,1-2H3. The summed E-state index contributed by atoms with van der Waals surface area (Å²) in [6.07, 6.45) is -1.08. The number of unbranched alkanes of at least 4 members (excludes halogenated alkanes) is 1. The molecule has 0 heterocycles. The molecule has 1 rings (SSSR count). The van der Waals surface area contributed by atoms with Crippen LogP contribution in [0, 0.1) is 0 Å². The lowest BCUT2D eigenvalue weighted by atomic mass is 10.1. The van der Waals surface area contributed by atoms with Crippen LogP contribution in [-0.2, 0) is 6.18 Å². The minimum absolute atomic E-state index is 0.248. The van der Waals surface area contributed by atoms with Crippen LogP contribution in [0.15, 0.2) is 22.7 Å². The predicted molar refractivity (Wildman–Crippen MR) is 71.8 cm³/mol. The number of alkyl halides is 3. The van der Waals surface area contributed by atoms with Gasteiger partial charge in [0.15, 0.2) is 0 Å². The molecule has 0 aliphatic rings. The van der Waals surface area contributed by atoms with Crippen LogP contribution >= 0.6 is 15.9 Å². The molecule has 1 atom stereocenters. The Kier molecular flexibility index (Phi) is 5.50. The monoisotopic (exact) mass is 323 g/mol. The Balaban J connectivity index is 2.74. The van der Waals surface area contributed by atoms with Crippen molar-refractivity contribution in [1.82, 2.24) is 0 Å². The van der Waals surface area contributed by atoms with Crippen LogP contribution in [0.5, 0.6) is 0 Å². The Labute approximate surface area is 114 Å². The van der Waals surface area contributed by atoms with Crippen LogP contribution in [0.2, 0.25) is 0 Å². The normalized spacial score (nSPS) is 13.4. The molecule has 0 amide bonds. The number of halogens is 4. The summed E-state index contributed by atoms with van der Waals surface area (Å²) >= 11 is 3.17. The average molecular weight is 324 g/mol. The minimum Gasteiger partial charge on any atom is -0.382 e. The smallest absolute Gasteiger partial charge is 0.382 e. The van der Waals surface area contributed by atoms with E-state index < -0.39 is 11.7 Å². The Morgan fingerprint density at radius 2 is 2.00 bits per heavy atom. The van der Waals surface area contributed by atoms with Crippen molar-refractivity contribution in [3.8, 4) is 0 Å². The molecule has 5 heteroatoms. The molecule has 1 N–H and O–H groups in total. The van der Waals surface area contributed by atoms with Gasteiger partial charge in [-0.15, -0.1) is 0 Å². The van der Waals surface area contributed by atoms with Gasteiger partial charge in [0, 0.05) is 16.2 Å². The summed E-state index contributed by atoms with van der Waals surface area (Å²) in [4.78, 5) is 0. The van der Waals surface area contributed by atoms with E-state index in [1.54, 1.807) is 0 Å². The van der Waals surface area contributed by atoms with Crippen LogP contribution in [0.25, 0.3) is 0 Å². The zero-order valence-corrected chi connectivity index (χ0v) is 12.0. The van der Waals surface area contributed by atoms with Gasteiger partial charge in [-0.05, 0) is 47.5 Å². The van der Waals surface area contributed by atoms with Crippen molar-refractivity contribution in [3.05, 3.63) is 28.2 Å². The van der Waals surface area contributed by atoms with Gasteiger partial charge >= 0.3 is 6.18 Å². The first-order valence-electron chi connectivity index (χ1n) is 5.98. The largest absolute Gasteiger partial charge is 0.416 e. The summed E-state index contributed by atoms with van der Waals surface area (Å²) in [5.74, 6) is 0. The summed E-state index contributed by atoms with van der Waals surface area (Å²) < 4.78 is 37.9. The maximum absolute atomic E-state index is 12.5. The highest BCUT2D eigenvalue weighted by atomic mass is 79.9. The average Bonchev–Trinajstić information content (AvgIpc) is 2.27. The van der Waals surface area contributed by atoms with Crippen molar-refractivity contribution < 1.29 is 13.2 Å². The highest BCUT2D eigenvalue weighted by Crippen LogP contribution is 2.34. The van der Waals surface area contributed by atoms with Crippen LogP contribution in [0.4, 0.5) is 18.9 Å². The van der Waals surface area contributed by atoms with Gasteiger partial charge in [-0.1, -0.05) is 19.8 Å². The third kappa shape index (κ3) is 4.52. The van der Waals surface area contributed by atoms with E-state index in [-0.39, 0.29) is 6.04 Å². The Hall–Kier alpha value is -0.710. The Morgan fingerprint density at radius 3 is 2.50 bits per heavy atom. The molecule has 1 aromatic rings. The molecule has 0 bridgehead atoms.